The largest absolute Gasteiger partial charge is 0.324 e. The summed E-state index contributed by atoms with van der Waals surface area (Å²) in [5.41, 5.74) is 5.35. The molecule has 0 aliphatic heterocycles. The standard InChI is InChI=1S/C14H11F4N/c15-10-4-2-5-11(16)9(10)7-13(19)8-3-1-6-12(17)14(8)18/h1-6,13H,7,19H2. The second kappa shape index (κ2) is 5.40. The van der Waals surface area contributed by atoms with Crippen LogP contribution in [0.3, 0.4) is 0 Å². The molecule has 0 spiro atoms. The lowest BCUT2D eigenvalue weighted by Gasteiger charge is -2.14. The predicted octanol–water partition coefficient (Wildman–Crippen LogP) is 3.49. The van der Waals surface area contributed by atoms with E-state index in [1.807, 2.05) is 0 Å². The van der Waals surface area contributed by atoms with Crippen LogP contribution in [0.1, 0.15) is 17.2 Å². The van der Waals surface area contributed by atoms with Crippen LogP contribution in [0.5, 0.6) is 0 Å². The van der Waals surface area contributed by atoms with E-state index in [4.69, 9.17) is 5.73 Å². The first-order chi connectivity index (χ1) is 9.00. The van der Waals surface area contributed by atoms with Gasteiger partial charge in [-0.25, -0.2) is 17.6 Å². The third-order valence-electron chi connectivity index (χ3n) is 2.87. The summed E-state index contributed by atoms with van der Waals surface area (Å²) in [6, 6.07) is 5.92. The Hall–Kier alpha value is -1.88. The van der Waals surface area contributed by atoms with Gasteiger partial charge in [-0.05, 0) is 24.6 Å². The van der Waals surface area contributed by atoms with Crippen LogP contribution in [0.2, 0.25) is 0 Å². The Kier molecular flexibility index (Phi) is 3.85. The molecule has 0 radical (unpaired) electrons. The smallest absolute Gasteiger partial charge is 0.163 e. The third-order valence-corrected chi connectivity index (χ3v) is 2.87. The zero-order valence-electron chi connectivity index (χ0n) is 9.84. The molecular formula is C14H11F4N. The van der Waals surface area contributed by atoms with Crippen LogP contribution in [-0.2, 0) is 6.42 Å². The molecule has 5 heteroatoms. The molecule has 0 fully saturated rings. The van der Waals surface area contributed by atoms with Gasteiger partial charge in [0, 0.05) is 17.2 Å². The van der Waals surface area contributed by atoms with Gasteiger partial charge in [-0.15, -0.1) is 0 Å². The molecule has 2 rings (SSSR count). The molecule has 2 aromatic carbocycles. The molecular weight excluding hydrogens is 258 g/mol. The van der Waals surface area contributed by atoms with Gasteiger partial charge < -0.3 is 5.73 Å². The van der Waals surface area contributed by atoms with Crippen molar-refractivity contribution in [1.82, 2.24) is 0 Å². The van der Waals surface area contributed by atoms with Crippen molar-refractivity contribution in [3.05, 3.63) is 70.8 Å². The summed E-state index contributed by atoms with van der Waals surface area (Å²) in [5, 5.41) is 0. The van der Waals surface area contributed by atoms with Gasteiger partial charge in [0.25, 0.3) is 0 Å². The molecule has 100 valence electrons. The first-order valence-electron chi connectivity index (χ1n) is 5.63. The Labute approximate surface area is 107 Å². The lowest BCUT2D eigenvalue weighted by molar-refractivity contribution is 0.482. The van der Waals surface area contributed by atoms with Crippen molar-refractivity contribution in [3.8, 4) is 0 Å². The van der Waals surface area contributed by atoms with Crippen molar-refractivity contribution in [1.29, 1.82) is 0 Å². The number of halogens is 4. The number of rotatable bonds is 3. The summed E-state index contributed by atoms with van der Waals surface area (Å²) < 4.78 is 53.5. The second-order valence-corrected chi connectivity index (χ2v) is 4.15. The van der Waals surface area contributed by atoms with Gasteiger partial charge in [-0.2, -0.15) is 0 Å². The van der Waals surface area contributed by atoms with E-state index in [-0.39, 0.29) is 17.5 Å². The monoisotopic (exact) mass is 269 g/mol. The average molecular weight is 269 g/mol. The molecule has 0 saturated heterocycles. The van der Waals surface area contributed by atoms with Gasteiger partial charge in [0.1, 0.15) is 11.6 Å². The molecule has 2 aromatic rings. The Morgan fingerprint density at radius 1 is 0.842 bits per heavy atom. The summed E-state index contributed by atoms with van der Waals surface area (Å²) in [5.74, 6) is -3.65. The van der Waals surface area contributed by atoms with Crippen LogP contribution in [-0.4, -0.2) is 0 Å². The molecule has 0 aromatic heterocycles. The first kappa shape index (κ1) is 13.5. The Bertz CT molecular complexity index is 578. The Balaban J connectivity index is 2.31. The molecule has 1 nitrogen and oxygen atoms in total. The van der Waals surface area contributed by atoms with E-state index >= 15 is 0 Å². The van der Waals surface area contributed by atoms with Crippen molar-refractivity contribution in [2.75, 3.05) is 0 Å². The highest BCUT2D eigenvalue weighted by atomic mass is 19.2. The lowest BCUT2D eigenvalue weighted by Crippen LogP contribution is -2.17. The highest BCUT2D eigenvalue weighted by Crippen LogP contribution is 2.23. The van der Waals surface area contributed by atoms with E-state index in [2.05, 4.69) is 0 Å². The van der Waals surface area contributed by atoms with E-state index in [0.29, 0.717) is 0 Å². The molecule has 19 heavy (non-hydrogen) atoms. The minimum Gasteiger partial charge on any atom is -0.324 e. The quantitative estimate of drug-likeness (QED) is 0.848. The maximum atomic E-state index is 13.5. The topological polar surface area (TPSA) is 26.0 Å². The van der Waals surface area contributed by atoms with Gasteiger partial charge in [-0.1, -0.05) is 18.2 Å². The Morgan fingerprint density at radius 3 is 2.00 bits per heavy atom. The maximum Gasteiger partial charge on any atom is 0.163 e. The molecule has 1 atom stereocenters. The van der Waals surface area contributed by atoms with E-state index in [1.54, 1.807) is 0 Å². The zero-order chi connectivity index (χ0) is 14.0. The summed E-state index contributed by atoms with van der Waals surface area (Å²) in [7, 11) is 0. The number of hydrogen-bond acceptors (Lipinski definition) is 1. The molecule has 0 amide bonds. The van der Waals surface area contributed by atoms with Crippen LogP contribution in [0.25, 0.3) is 0 Å². The molecule has 0 bridgehead atoms. The van der Waals surface area contributed by atoms with Crippen molar-refractivity contribution >= 4 is 0 Å². The summed E-state index contributed by atoms with van der Waals surface area (Å²) in [4.78, 5) is 0. The van der Waals surface area contributed by atoms with Gasteiger partial charge >= 0.3 is 0 Å². The van der Waals surface area contributed by atoms with Gasteiger partial charge in [-0.3, -0.25) is 0 Å². The van der Waals surface area contributed by atoms with Crippen LogP contribution in [0, 0.1) is 23.3 Å². The van der Waals surface area contributed by atoms with Crippen molar-refractivity contribution in [2.45, 2.75) is 12.5 Å². The summed E-state index contributed by atoms with van der Waals surface area (Å²) >= 11 is 0. The van der Waals surface area contributed by atoms with E-state index in [9.17, 15) is 17.6 Å². The van der Waals surface area contributed by atoms with Crippen LogP contribution in [0.15, 0.2) is 36.4 Å². The minimum atomic E-state index is -1.09. The van der Waals surface area contributed by atoms with E-state index in [0.717, 1.165) is 18.2 Å². The SMILES string of the molecule is NC(Cc1c(F)cccc1F)c1cccc(F)c1F. The Morgan fingerprint density at radius 2 is 1.37 bits per heavy atom. The normalized spacial score (nSPS) is 12.5. The molecule has 2 N–H and O–H groups in total. The molecule has 0 heterocycles. The van der Waals surface area contributed by atoms with Gasteiger partial charge in [0.15, 0.2) is 11.6 Å². The molecule has 1 unspecified atom stereocenters. The minimum absolute atomic E-state index is 0.109. The highest BCUT2D eigenvalue weighted by molar-refractivity contribution is 5.27. The van der Waals surface area contributed by atoms with Crippen molar-refractivity contribution < 1.29 is 17.6 Å². The lowest BCUT2D eigenvalue weighted by atomic mass is 9.98. The second-order valence-electron chi connectivity index (χ2n) is 4.15. The fraction of sp³-hybridized carbons (Fsp3) is 0.143. The molecule has 0 saturated carbocycles. The number of benzene rings is 2. The van der Waals surface area contributed by atoms with Crippen molar-refractivity contribution in [3.63, 3.8) is 0 Å². The molecule has 0 aliphatic carbocycles. The van der Waals surface area contributed by atoms with Gasteiger partial charge in [0.2, 0.25) is 0 Å². The highest BCUT2D eigenvalue weighted by Gasteiger charge is 2.18. The van der Waals surface area contributed by atoms with Crippen LogP contribution >= 0.6 is 0 Å². The van der Waals surface area contributed by atoms with Crippen LogP contribution < -0.4 is 5.73 Å². The number of nitrogens with two attached hydrogens (primary N) is 1. The number of hydrogen-bond donors (Lipinski definition) is 1. The van der Waals surface area contributed by atoms with Crippen molar-refractivity contribution in [2.24, 2.45) is 5.73 Å². The average Bonchev–Trinajstić information content (AvgIpc) is 2.37. The fourth-order valence-electron chi connectivity index (χ4n) is 1.86. The first-order valence-corrected chi connectivity index (χ1v) is 5.63. The summed E-state index contributed by atoms with van der Waals surface area (Å²) in [6.07, 6.45) is -0.251. The van der Waals surface area contributed by atoms with E-state index < -0.39 is 29.3 Å². The molecule has 0 aliphatic rings. The van der Waals surface area contributed by atoms with E-state index in [1.165, 1.54) is 18.2 Å². The predicted molar refractivity (Wildman–Crippen MR) is 63.3 cm³/mol. The van der Waals surface area contributed by atoms with Crippen LogP contribution in [0.4, 0.5) is 17.6 Å². The third kappa shape index (κ3) is 2.76. The summed E-state index contributed by atoms with van der Waals surface area (Å²) in [6.45, 7) is 0. The zero-order valence-corrected chi connectivity index (χ0v) is 9.84. The fourth-order valence-corrected chi connectivity index (χ4v) is 1.86. The van der Waals surface area contributed by atoms with Gasteiger partial charge in [0.05, 0.1) is 0 Å². The maximum absolute atomic E-state index is 13.5.